The number of hydrogen-bond acceptors (Lipinski definition) is 4. The molecular weight excluding hydrogens is 385 g/mol. The van der Waals surface area contributed by atoms with Gasteiger partial charge in [0, 0.05) is 44.0 Å². The largest absolute Gasteiger partial charge is 0.355 e. The molecule has 160 valence electrons. The van der Waals surface area contributed by atoms with Crippen molar-refractivity contribution in [3.63, 3.8) is 0 Å². The van der Waals surface area contributed by atoms with Crippen molar-refractivity contribution in [2.24, 2.45) is 0 Å². The third-order valence-electron chi connectivity index (χ3n) is 5.80. The van der Waals surface area contributed by atoms with Gasteiger partial charge in [0.15, 0.2) is 5.69 Å². The zero-order valence-electron chi connectivity index (χ0n) is 17.4. The highest BCUT2D eigenvalue weighted by molar-refractivity contribution is 5.94. The van der Waals surface area contributed by atoms with Gasteiger partial charge in [-0.2, -0.15) is 5.10 Å². The summed E-state index contributed by atoms with van der Waals surface area (Å²) in [4.78, 5) is 29.1. The van der Waals surface area contributed by atoms with Gasteiger partial charge >= 0.3 is 0 Å². The van der Waals surface area contributed by atoms with Gasteiger partial charge in [0.1, 0.15) is 5.82 Å². The molecule has 0 atom stereocenters. The number of rotatable bonds is 6. The van der Waals surface area contributed by atoms with Gasteiger partial charge in [0.2, 0.25) is 5.91 Å². The molecule has 0 bridgehead atoms. The molecule has 2 aromatic rings. The number of carbonyl (C=O) groups excluding carboxylic acids is 2. The Balaban J connectivity index is 1.44. The van der Waals surface area contributed by atoms with Crippen molar-refractivity contribution in [1.29, 1.82) is 0 Å². The predicted molar refractivity (Wildman–Crippen MR) is 111 cm³/mol. The zero-order valence-corrected chi connectivity index (χ0v) is 17.4. The molecule has 8 heteroatoms. The minimum absolute atomic E-state index is 0.0347. The third-order valence-corrected chi connectivity index (χ3v) is 5.80. The van der Waals surface area contributed by atoms with Gasteiger partial charge in [-0.05, 0) is 49.9 Å². The Morgan fingerprint density at radius 1 is 1.10 bits per heavy atom. The molecule has 1 aromatic carbocycles. The highest BCUT2D eigenvalue weighted by atomic mass is 19.1. The van der Waals surface area contributed by atoms with Crippen molar-refractivity contribution in [3.05, 3.63) is 47.0 Å². The minimum Gasteiger partial charge on any atom is -0.355 e. The van der Waals surface area contributed by atoms with Crippen LogP contribution in [-0.2, 0) is 17.6 Å². The standard InChI is InChI=1S/C22H28FN5O2/c1-2-10-24-20(29)15-26-11-13-27(14-12-26)22(30)21-18-4-3-5-19(18)28(25-21)17-8-6-16(23)7-9-17/h6-9H,2-5,10-15H2,1H3,(H,24,29). The van der Waals surface area contributed by atoms with Gasteiger partial charge in [-0.1, -0.05) is 6.92 Å². The molecule has 0 unspecified atom stereocenters. The number of nitrogens with one attached hydrogen (secondary N) is 1. The summed E-state index contributed by atoms with van der Waals surface area (Å²) < 4.78 is 15.1. The Kier molecular flexibility index (Phi) is 6.13. The minimum atomic E-state index is -0.292. The van der Waals surface area contributed by atoms with Crippen LogP contribution in [-0.4, -0.2) is 70.7 Å². The molecule has 1 aromatic heterocycles. The summed E-state index contributed by atoms with van der Waals surface area (Å²) in [6.45, 7) is 5.60. The second-order valence-electron chi connectivity index (χ2n) is 7.93. The van der Waals surface area contributed by atoms with Crippen LogP contribution in [0.3, 0.4) is 0 Å². The molecule has 7 nitrogen and oxygen atoms in total. The van der Waals surface area contributed by atoms with Crippen LogP contribution < -0.4 is 5.32 Å². The second kappa shape index (κ2) is 8.95. The predicted octanol–water partition coefficient (Wildman–Crippen LogP) is 1.78. The van der Waals surface area contributed by atoms with Crippen LogP contribution >= 0.6 is 0 Å². The topological polar surface area (TPSA) is 70.5 Å². The Morgan fingerprint density at radius 2 is 1.83 bits per heavy atom. The first kappa shape index (κ1) is 20.5. The lowest BCUT2D eigenvalue weighted by Crippen LogP contribution is -2.51. The van der Waals surface area contributed by atoms with Crippen LogP contribution in [0.15, 0.2) is 24.3 Å². The summed E-state index contributed by atoms with van der Waals surface area (Å²) in [6.07, 6.45) is 3.63. The number of halogens is 1. The van der Waals surface area contributed by atoms with E-state index in [-0.39, 0.29) is 17.6 Å². The Bertz CT molecular complexity index is 916. The molecule has 2 amide bonds. The fourth-order valence-electron chi connectivity index (χ4n) is 4.19. The van der Waals surface area contributed by atoms with E-state index in [0.29, 0.717) is 45.0 Å². The fraction of sp³-hybridized carbons (Fsp3) is 0.500. The van der Waals surface area contributed by atoms with Gasteiger partial charge in [-0.15, -0.1) is 0 Å². The molecule has 30 heavy (non-hydrogen) atoms. The molecule has 1 aliphatic heterocycles. The maximum Gasteiger partial charge on any atom is 0.274 e. The number of hydrogen-bond donors (Lipinski definition) is 1. The highest BCUT2D eigenvalue weighted by Gasteiger charge is 2.31. The monoisotopic (exact) mass is 413 g/mol. The van der Waals surface area contributed by atoms with Crippen molar-refractivity contribution in [1.82, 2.24) is 24.9 Å². The van der Waals surface area contributed by atoms with Crippen LogP contribution in [0, 0.1) is 5.82 Å². The average molecular weight is 413 g/mol. The molecule has 1 saturated heterocycles. The van der Waals surface area contributed by atoms with Gasteiger partial charge in [-0.3, -0.25) is 14.5 Å². The number of benzene rings is 1. The Hall–Kier alpha value is -2.74. The average Bonchev–Trinajstić information content (AvgIpc) is 3.36. The summed E-state index contributed by atoms with van der Waals surface area (Å²) in [5.41, 5.74) is 3.36. The quantitative estimate of drug-likeness (QED) is 0.784. The Labute approximate surface area is 175 Å². The van der Waals surface area contributed by atoms with Crippen molar-refractivity contribution in [2.75, 3.05) is 39.3 Å². The summed E-state index contributed by atoms with van der Waals surface area (Å²) in [7, 11) is 0. The first-order valence-corrected chi connectivity index (χ1v) is 10.7. The molecule has 1 aliphatic carbocycles. The summed E-state index contributed by atoms with van der Waals surface area (Å²) in [6, 6.07) is 6.21. The maximum atomic E-state index is 13.3. The summed E-state index contributed by atoms with van der Waals surface area (Å²) in [5, 5.41) is 7.53. The van der Waals surface area contributed by atoms with Gasteiger partial charge in [-0.25, -0.2) is 9.07 Å². The molecule has 1 fully saturated rings. The van der Waals surface area contributed by atoms with E-state index < -0.39 is 0 Å². The van der Waals surface area contributed by atoms with Crippen molar-refractivity contribution in [3.8, 4) is 5.69 Å². The van der Waals surface area contributed by atoms with Crippen LogP contribution in [0.5, 0.6) is 0 Å². The van der Waals surface area contributed by atoms with E-state index in [9.17, 15) is 14.0 Å². The van der Waals surface area contributed by atoms with Crippen molar-refractivity contribution >= 4 is 11.8 Å². The van der Waals surface area contributed by atoms with Crippen LogP contribution in [0.2, 0.25) is 0 Å². The number of carbonyl (C=O) groups is 2. The lowest BCUT2D eigenvalue weighted by molar-refractivity contribution is -0.122. The van der Waals surface area contributed by atoms with E-state index in [0.717, 1.165) is 42.6 Å². The maximum absolute atomic E-state index is 13.3. The molecule has 0 radical (unpaired) electrons. The van der Waals surface area contributed by atoms with Crippen LogP contribution in [0.25, 0.3) is 5.69 Å². The molecule has 4 rings (SSSR count). The van der Waals surface area contributed by atoms with Crippen LogP contribution in [0.1, 0.15) is 41.5 Å². The molecular formula is C22H28FN5O2. The smallest absolute Gasteiger partial charge is 0.274 e. The lowest BCUT2D eigenvalue weighted by Gasteiger charge is -2.34. The fourth-order valence-corrected chi connectivity index (χ4v) is 4.19. The van der Waals surface area contributed by atoms with Crippen LogP contribution in [0.4, 0.5) is 4.39 Å². The molecule has 0 saturated carbocycles. The van der Waals surface area contributed by atoms with Gasteiger partial charge in [0.25, 0.3) is 5.91 Å². The number of aromatic nitrogens is 2. The zero-order chi connectivity index (χ0) is 21.1. The van der Waals surface area contributed by atoms with Crippen molar-refractivity contribution < 1.29 is 14.0 Å². The van der Waals surface area contributed by atoms with Gasteiger partial charge < -0.3 is 10.2 Å². The second-order valence-corrected chi connectivity index (χ2v) is 7.93. The molecule has 1 N–H and O–H groups in total. The van der Waals surface area contributed by atoms with E-state index in [4.69, 9.17) is 0 Å². The SMILES string of the molecule is CCCNC(=O)CN1CCN(C(=O)c2nn(-c3ccc(F)cc3)c3c2CCC3)CC1. The lowest BCUT2D eigenvalue weighted by atomic mass is 10.1. The molecule has 2 aliphatic rings. The van der Waals surface area contributed by atoms with Gasteiger partial charge in [0.05, 0.1) is 12.2 Å². The molecule has 2 heterocycles. The van der Waals surface area contributed by atoms with E-state index in [2.05, 4.69) is 15.3 Å². The number of nitrogens with zero attached hydrogens (tertiary/aromatic N) is 4. The first-order chi connectivity index (χ1) is 14.6. The summed E-state index contributed by atoms with van der Waals surface area (Å²) >= 11 is 0. The number of fused-ring (bicyclic) bond motifs is 1. The van der Waals surface area contributed by atoms with E-state index >= 15 is 0 Å². The molecule has 0 spiro atoms. The normalized spacial score (nSPS) is 16.5. The summed E-state index contributed by atoms with van der Waals surface area (Å²) in [5.74, 6) is -0.309. The van der Waals surface area contributed by atoms with E-state index in [1.165, 1.54) is 12.1 Å². The highest BCUT2D eigenvalue weighted by Crippen LogP contribution is 2.29. The number of amides is 2. The van der Waals surface area contributed by atoms with Crippen molar-refractivity contribution in [2.45, 2.75) is 32.6 Å². The number of piperazine rings is 1. The Morgan fingerprint density at radius 3 is 2.53 bits per heavy atom. The third kappa shape index (κ3) is 4.23. The van der Waals surface area contributed by atoms with E-state index in [1.807, 2.05) is 11.8 Å². The first-order valence-electron chi connectivity index (χ1n) is 10.7. The van der Waals surface area contributed by atoms with E-state index in [1.54, 1.807) is 16.8 Å².